The second kappa shape index (κ2) is 7.63. The zero-order valence-electron chi connectivity index (χ0n) is 18.9. The molecule has 4 aromatic rings. The van der Waals surface area contributed by atoms with E-state index in [1.165, 1.54) is 0 Å². The van der Waals surface area contributed by atoms with Crippen molar-refractivity contribution in [3.8, 4) is 11.5 Å². The molecule has 0 saturated carbocycles. The molecule has 9 nitrogen and oxygen atoms in total. The van der Waals surface area contributed by atoms with Gasteiger partial charge in [-0.05, 0) is 44.0 Å². The number of rotatable bonds is 4. The van der Waals surface area contributed by atoms with Gasteiger partial charge in [0.05, 0.1) is 23.9 Å². The van der Waals surface area contributed by atoms with Gasteiger partial charge < -0.3 is 24.5 Å². The Bertz CT molecular complexity index is 1420. The Morgan fingerprint density at radius 3 is 2.73 bits per heavy atom. The van der Waals surface area contributed by atoms with Crippen LogP contribution in [0, 0.1) is 13.8 Å². The van der Waals surface area contributed by atoms with Crippen molar-refractivity contribution >= 4 is 22.8 Å². The highest BCUT2D eigenvalue weighted by Crippen LogP contribution is 2.32. The van der Waals surface area contributed by atoms with Crippen molar-refractivity contribution in [1.82, 2.24) is 24.2 Å². The van der Waals surface area contributed by atoms with E-state index in [1.807, 2.05) is 37.3 Å². The van der Waals surface area contributed by atoms with Crippen LogP contribution in [0.4, 0.5) is 0 Å². The van der Waals surface area contributed by atoms with Crippen LogP contribution in [0.1, 0.15) is 38.9 Å². The number of pyridine rings is 1. The molecule has 9 heteroatoms. The molecule has 2 N–H and O–H groups in total. The molecular weight excluding hydrogens is 422 g/mol. The molecule has 0 unspecified atom stereocenters. The standard InChI is InChI=1S/C24H25N5O4/c1-13-9-16-10-17(6-8-27(16)21(13)23(31)25-4)33-20-5-7-26-29-11-18(14(2)22(20)29)24(32)28-12-19(30)15(28)3/h5-11,15,19,30H,12H2,1-4H3,(H,25,31)/t15-,19-/m1/s1. The van der Waals surface area contributed by atoms with Crippen LogP contribution in [-0.4, -0.2) is 61.6 Å². The second-order valence-electron chi connectivity index (χ2n) is 8.44. The minimum Gasteiger partial charge on any atom is -0.455 e. The summed E-state index contributed by atoms with van der Waals surface area (Å²) in [5.41, 5.74) is 4.28. The number of hydrogen-bond acceptors (Lipinski definition) is 5. The van der Waals surface area contributed by atoms with Gasteiger partial charge in [0.25, 0.3) is 11.8 Å². The van der Waals surface area contributed by atoms with Crippen molar-refractivity contribution in [3.05, 3.63) is 65.2 Å². The van der Waals surface area contributed by atoms with Gasteiger partial charge in [0.2, 0.25) is 0 Å². The summed E-state index contributed by atoms with van der Waals surface area (Å²) in [6.45, 7) is 5.93. The molecule has 4 aromatic heterocycles. The zero-order chi connectivity index (χ0) is 23.4. The van der Waals surface area contributed by atoms with Gasteiger partial charge in [-0.25, -0.2) is 4.52 Å². The van der Waals surface area contributed by atoms with E-state index in [9.17, 15) is 14.7 Å². The number of carbonyl (C=O) groups is 2. The predicted molar refractivity (Wildman–Crippen MR) is 122 cm³/mol. The number of aryl methyl sites for hydroxylation is 2. The number of nitrogens with one attached hydrogen (secondary N) is 1. The molecule has 1 saturated heterocycles. The van der Waals surface area contributed by atoms with Crippen molar-refractivity contribution < 1.29 is 19.4 Å². The minimum absolute atomic E-state index is 0.131. The monoisotopic (exact) mass is 447 g/mol. The fourth-order valence-corrected chi connectivity index (χ4v) is 4.42. The number of aliphatic hydroxyl groups is 1. The maximum absolute atomic E-state index is 13.0. The van der Waals surface area contributed by atoms with Crippen LogP contribution >= 0.6 is 0 Å². The molecule has 5 rings (SSSR count). The molecular formula is C24H25N5O4. The molecule has 5 heterocycles. The lowest BCUT2D eigenvalue weighted by Crippen LogP contribution is -2.60. The first-order valence-corrected chi connectivity index (χ1v) is 10.8. The van der Waals surface area contributed by atoms with Gasteiger partial charge in [0.15, 0.2) is 5.75 Å². The summed E-state index contributed by atoms with van der Waals surface area (Å²) in [6.07, 6.45) is 4.64. The Labute approximate surface area is 190 Å². The lowest BCUT2D eigenvalue weighted by Gasteiger charge is -2.43. The van der Waals surface area contributed by atoms with Crippen molar-refractivity contribution in [2.75, 3.05) is 13.6 Å². The average molecular weight is 447 g/mol. The molecule has 33 heavy (non-hydrogen) atoms. The number of nitrogens with zero attached hydrogens (tertiary/aromatic N) is 4. The van der Waals surface area contributed by atoms with E-state index in [0.717, 1.165) is 16.6 Å². The molecule has 0 spiro atoms. The van der Waals surface area contributed by atoms with Crippen LogP contribution in [0.5, 0.6) is 11.5 Å². The van der Waals surface area contributed by atoms with E-state index in [-0.39, 0.29) is 17.9 Å². The highest BCUT2D eigenvalue weighted by atomic mass is 16.5. The summed E-state index contributed by atoms with van der Waals surface area (Å²) < 4.78 is 9.67. The molecule has 1 fully saturated rings. The number of amides is 2. The largest absolute Gasteiger partial charge is 0.455 e. The highest BCUT2D eigenvalue weighted by Gasteiger charge is 2.38. The van der Waals surface area contributed by atoms with Gasteiger partial charge in [-0.15, -0.1) is 0 Å². The smallest absolute Gasteiger partial charge is 0.268 e. The van der Waals surface area contributed by atoms with E-state index < -0.39 is 6.10 Å². The Kier molecular flexibility index (Phi) is 4.86. The van der Waals surface area contributed by atoms with E-state index in [4.69, 9.17) is 4.74 Å². The maximum Gasteiger partial charge on any atom is 0.268 e. The number of ether oxygens (including phenoxy) is 1. The first kappa shape index (κ1) is 21.0. The van der Waals surface area contributed by atoms with Crippen molar-refractivity contribution in [2.24, 2.45) is 0 Å². The second-order valence-corrected chi connectivity index (χ2v) is 8.44. The van der Waals surface area contributed by atoms with Crippen LogP contribution in [0.25, 0.3) is 11.0 Å². The van der Waals surface area contributed by atoms with Crippen LogP contribution < -0.4 is 10.1 Å². The summed E-state index contributed by atoms with van der Waals surface area (Å²) in [5.74, 6) is 0.887. The van der Waals surface area contributed by atoms with E-state index in [2.05, 4.69) is 10.4 Å². The fraction of sp³-hybridized carbons (Fsp3) is 0.292. The van der Waals surface area contributed by atoms with Crippen LogP contribution in [-0.2, 0) is 0 Å². The van der Waals surface area contributed by atoms with Gasteiger partial charge in [-0.2, -0.15) is 5.10 Å². The summed E-state index contributed by atoms with van der Waals surface area (Å²) in [7, 11) is 1.61. The fourth-order valence-electron chi connectivity index (χ4n) is 4.42. The number of hydrogen-bond donors (Lipinski definition) is 2. The number of carbonyl (C=O) groups excluding carboxylic acids is 2. The van der Waals surface area contributed by atoms with Crippen molar-refractivity contribution in [2.45, 2.75) is 32.9 Å². The third-order valence-corrected chi connectivity index (χ3v) is 6.42. The van der Waals surface area contributed by atoms with Gasteiger partial charge >= 0.3 is 0 Å². The zero-order valence-corrected chi connectivity index (χ0v) is 18.9. The lowest BCUT2D eigenvalue weighted by molar-refractivity contribution is -0.0357. The first-order chi connectivity index (χ1) is 15.8. The number of β-amino-alcohol motifs (C(OH)–C–C–N with tert-alkyl or cyclic N) is 1. The van der Waals surface area contributed by atoms with Gasteiger partial charge in [0, 0.05) is 43.6 Å². The normalized spacial score (nSPS) is 17.9. The van der Waals surface area contributed by atoms with Crippen LogP contribution in [0.2, 0.25) is 0 Å². The molecule has 1 aliphatic heterocycles. The maximum atomic E-state index is 13.0. The minimum atomic E-state index is -0.486. The molecule has 0 bridgehead atoms. The van der Waals surface area contributed by atoms with Crippen LogP contribution in [0.3, 0.4) is 0 Å². The summed E-state index contributed by atoms with van der Waals surface area (Å²) in [4.78, 5) is 26.9. The van der Waals surface area contributed by atoms with Gasteiger partial charge in [-0.3, -0.25) is 9.59 Å². The SMILES string of the molecule is CNC(=O)c1c(C)cc2cc(Oc3ccnn4cc(C(=O)N5C[C@@H](O)[C@H]5C)c(C)c34)ccn12. The average Bonchev–Trinajstić information content (AvgIpc) is 3.32. The molecule has 170 valence electrons. The van der Waals surface area contributed by atoms with E-state index in [1.54, 1.807) is 47.2 Å². The Hall–Kier alpha value is -3.85. The Morgan fingerprint density at radius 1 is 1.24 bits per heavy atom. The third-order valence-electron chi connectivity index (χ3n) is 6.42. The number of likely N-dealkylation sites (tertiary alicyclic amines) is 1. The first-order valence-electron chi connectivity index (χ1n) is 10.8. The molecule has 0 aromatic carbocycles. The number of aliphatic hydroxyl groups excluding tert-OH is 1. The predicted octanol–water partition coefficient (Wildman–Crippen LogP) is 2.56. The van der Waals surface area contributed by atoms with E-state index in [0.29, 0.717) is 34.8 Å². The van der Waals surface area contributed by atoms with Crippen molar-refractivity contribution in [1.29, 1.82) is 0 Å². The third kappa shape index (κ3) is 3.23. The highest BCUT2D eigenvalue weighted by molar-refractivity contribution is 5.99. The molecule has 2 amide bonds. The summed E-state index contributed by atoms with van der Waals surface area (Å²) >= 11 is 0. The van der Waals surface area contributed by atoms with Crippen molar-refractivity contribution in [3.63, 3.8) is 0 Å². The van der Waals surface area contributed by atoms with Crippen LogP contribution in [0.15, 0.2) is 42.9 Å². The Balaban J connectivity index is 1.51. The molecule has 1 aliphatic rings. The molecule has 0 radical (unpaired) electrons. The molecule has 2 atom stereocenters. The lowest BCUT2D eigenvalue weighted by atomic mass is 9.99. The Morgan fingerprint density at radius 2 is 2.03 bits per heavy atom. The van der Waals surface area contributed by atoms with Gasteiger partial charge in [0.1, 0.15) is 17.0 Å². The quantitative estimate of drug-likeness (QED) is 0.501. The summed E-state index contributed by atoms with van der Waals surface area (Å²) in [5, 5.41) is 16.8. The van der Waals surface area contributed by atoms with Gasteiger partial charge in [-0.1, -0.05) is 0 Å². The number of fused-ring (bicyclic) bond motifs is 2. The topological polar surface area (TPSA) is 101 Å². The number of aromatic nitrogens is 3. The summed E-state index contributed by atoms with van der Waals surface area (Å²) in [6, 6.07) is 7.14. The van der Waals surface area contributed by atoms with E-state index >= 15 is 0 Å². The molecule has 0 aliphatic carbocycles.